The fourth-order valence-electron chi connectivity index (χ4n) is 3.57. The van der Waals surface area contributed by atoms with Gasteiger partial charge in [0.05, 0.1) is 0 Å². The van der Waals surface area contributed by atoms with Crippen molar-refractivity contribution in [3.05, 3.63) is 59.7 Å². The van der Waals surface area contributed by atoms with Crippen LogP contribution in [0.4, 0.5) is 9.59 Å². The number of nitrogens with one attached hydrogen (secondary N) is 2. The van der Waals surface area contributed by atoms with E-state index in [1.165, 1.54) is 0 Å². The molecule has 0 spiro atoms. The van der Waals surface area contributed by atoms with Crippen LogP contribution in [0.2, 0.25) is 0 Å². The van der Waals surface area contributed by atoms with Gasteiger partial charge in [-0.1, -0.05) is 55.5 Å². The van der Waals surface area contributed by atoms with Gasteiger partial charge in [0.25, 0.3) is 0 Å². The molecule has 0 bridgehead atoms. The zero-order valence-corrected chi connectivity index (χ0v) is 18.6. The molecule has 8 heteroatoms. The van der Waals surface area contributed by atoms with Gasteiger partial charge in [0.1, 0.15) is 18.2 Å². The first-order chi connectivity index (χ1) is 15.2. The zero-order chi connectivity index (χ0) is 23.3. The predicted octanol–water partition coefficient (Wildman–Crippen LogP) is 4.29. The number of amides is 2. The molecular formula is C24H28N2O6. The molecule has 2 aromatic rings. The van der Waals surface area contributed by atoms with Crippen LogP contribution in [0.15, 0.2) is 48.5 Å². The predicted molar refractivity (Wildman–Crippen MR) is 118 cm³/mol. The van der Waals surface area contributed by atoms with E-state index < -0.39 is 29.8 Å². The van der Waals surface area contributed by atoms with Crippen molar-refractivity contribution in [3.8, 4) is 11.1 Å². The van der Waals surface area contributed by atoms with Crippen LogP contribution in [0.1, 0.15) is 51.2 Å². The first kappa shape index (κ1) is 23.1. The number of hydrogen-bond donors (Lipinski definition) is 2. The van der Waals surface area contributed by atoms with Gasteiger partial charge < -0.3 is 19.6 Å². The SMILES string of the molecule is CCC(NC(=O)OC(C)(C)C)C(=O)ONC(=O)OCC1c2ccccc2-c2ccccc21. The fourth-order valence-corrected chi connectivity index (χ4v) is 3.57. The van der Waals surface area contributed by atoms with Gasteiger partial charge in [0, 0.05) is 5.92 Å². The molecular weight excluding hydrogens is 412 g/mol. The van der Waals surface area contributed by atoms with Crippen LogP contribution in [0.25, 0.3) is 11.1 Å². The summed E-state index contributed by atoms with van der Waals surface area (Å²) in [5.74, 6) is -0.937. The molecule has 0 saturated carbocycles. The monoisotopic (exact) mass is 440 g/mol. The number of benzene rings is 2. The molecule has 0 saturated heterocycles. The molecule has 1 aliphatic carbocycles. The smallest absolute Gasteiger partial charge is 0.440 e. The van der Waals surface area contributed by atoms with Crippen molar-refractivity contribution in [2.45, 2.75) is 51.7 Å². The van der Waals surface area contributed by atoms with Gasteiger partial charge in [-0.3, -0.25) is 0 Å². The normalized spacial score (nSPS) is 13.4. The van der Waals surface area contributed by atoms with Crippen molar-refractivity contribution >= 4 is 18.2 Å². The summed E-state index contributed by atoms with van der Waals surface area (Å²) < 4.78 is 10.4. The number of carbonyl (C=O) groups is 3. The average molecular weight is 440 g/mol. The molecule has 1 aliphatic rings. The number of fused-ring (bicyclic) bond motifs is 3. The van der Waals surface area contributed by atoms with Crippen molar-refractivity contribution in [3.63, 3.8) is 0 Å². The minimum absolute atomic E-state index is 0.0881. The molecule has 3 rings (SSSR count). The van der Waals surface area contributed by atoms with Crippen LogP contribution >= 0.6 is 0 Å². The van der Waals surface area contributed by atoms with E-state index in [0.29, 0.717) is 0 Å². The van der Waals surface area contributed by atoms with Gasteiger partial charge in [-0.15, -0.1) is 5.48 Å². The molecule has 170 valence electrons. The molecule has 32 heavy (non-hydrogen) atoms. The Balaban J connectivity index is 1.52. The highest BCUT2D eigenvalue weighted by atomic mass is 16.7. The van der Waals surface area contributed by atoms with Crippen LogP contribution in [0, 0.1) is 0 Å². The Bertz CT molecular complexity index is 952. The van der Waals surface area contributed by atoms with Crippen LogP contribution in [-0.2, 0) is 19.1 Å². The number of rotatable bonds is 5. The van der Waals surface area contributed by atoms with E-state index in [1.807, 2.05) is 54.0 Å². The average Bonchev–Trinajstić information content (AvgIpc) is 3.07. The van der Waals surface area contributed by atoms with E-state index in [-0.39, 0.29) is 18.9 Å². The summed E-state index contributed by atoms with van der Waals surface area (Å²) in [6.45, 7) is 6.92. The Morgan fingerprint density at radius 3 is 2.03 bits per heavy atom. The molecule has 0 heterocycles. The van der Waals surface area contributed by atoms with Crippen LogP contribution < -0.4 is 10.8 Å². The lowest BCUT2D eigenvalue weighted by molar-refractivity contribution is -0.152. The fraction of sp³-hybridized carbons (Fsp3) is 0.375. The summed E-state index contributed by atoms with van der Waals surface area (Å²) in [7, 11) is 0. The second-order valence-electron chi connectivity index (χ2n) is 8.46. The van der Waals surface area contributed by atoms with Gasteiger partial charge in [0.2, 0.25) is 0 Å². The quantitative estimate of drug-likeness (QED) is 0.531. The third kappa shape index (κ3) is 5.57. The maximum atomic E-state index is 12.2. The standard InChI is InChI=1S/C24H28N2O6/c1-5-20(25-22(28)31-24(2,3)4)21(27)32-26-23(29)30-14-19-17-12-8-6-10-15(17)16-11-7-9-13-18(16)19/h6-13,19-20H,5,14H2,1-4H3,(H,25,28)(H,26,29). The topological polar surface area (TPSA) is 103 Å². The van der Waals surface area contributed by atoms with Gasteiger partial charge in [-0.2, -0.15) is 0 Å². The third-order valence-corrected chi connectivity index (χ3v) is 4.96. The van der Waals surface area contributed by atoms with Crippen LogP contribution in [0.3, 0.4) is 0 Å². The summed E-state index contributed by atoms with van der Waals surface area (Å²) in [5.41, 5.74) is 5.66. The maximum Gasteiger partial charge on any atom is 0.440 e. The summed E-state index contributed by atoms with van der Waals surface area (Å²) in [4.78, 5) is 41.0. The summed E-state index contributed by atoms with van der Waals surface area (Å²) in [5, 5.41) is 2.42. The molecule has 1 atom stereocenters. The van der Waals surface area contributed by atoms with Crippen molar-refractivity contribution in [2.24, 2.45) is 0 Å². The summed E-state index contributed by atoms with van der Waals surface area (Å²) >= 11 is 0. The van der Waals surface area contributed by atoms with E-state index in [2.05, 4.69) is 5.32 Å². The second kappa shape index (κ2) is 9.72. The van der Waals surface area contributed by atoms with Gasteiger partial charge >= 0.3 is 18.2 Å². The van der Waals surface area contributed by atoms with Gasteiger partial charge in [-0.25, -0.2) is 14.4 Å². The number of alkyl carbamates (subject to hydrolysis) is 1. The molecule has 0 radical (unpaired) electrons. The van der Waals surface area contributed by atoms with Crippen molar-refractivity contribution < 1.29 is 28.7 Å². The van der Waals surface area contributed by atoms with Crippen molar-refractivity contribution in [1.82, 2.24) is 10.8 Å². The van der Waals surface area contributed by atoms with E-state index >= 15 is 0 Å². The van der Waals surface area contributed by atoms with E-state index in [9.17, 15) is 14.4 Å². The number of carbonyl (C=O) groups excluding carboxylic acids is 3. The first-order valence-corrected chi connectivity index (χ1v) is 10.5. The maximum absolute atomic E-state index is 12.2. The molecule has 0 aliphatic heterocycles. The minimum atomic E-state index is -0.973. The number of ether oxygens (including phenoxy) is 2. The highest BCUT2D eigenvalue weighted by Gasteiger charge is 2.29. The zero-order valence-electron chi connectivity index (χ0n) is 18.6. The largest absolute Gasteiger partial charge is 0.446 e. The molecule has 2 aromatic carbocycles. The first-order valence-electron chi connectivity index (χ1n) is 10.5. The Labute approximate surface area is 187 Å². The highest BCUT2D eigenvalue weighted by molar-refractivity contribution is 5.82. The second-order valence-corrected chi connectivity index (χ2v) is 8.46. The van der Waals surface area contributed by atoms with E-state index in [0.717, 1.165) is 22.3 Å². The Morgan fingerprint density at radius 1 is 0.938 bits per heavy atom. The lowest BCUT2D eigenvalue weighted by atomic mass is 9.98. The van der Waals surface area contributed by atoms with E-state index in [4.69, 9.17) is 14.3 Å². The van der Waals surface area contributed by atoms with Crippen LogP contribution in [-0.4, -0.2) is 36.4 Å². The van der Waals surface area contributed by atoms with E-state index in [1.54, 1.807) is 27.7 Å². The number of hydrogen-bond acceptors (Lipinski definition) is 6. The molecule has 1 unspecified atom stereocenters. The molecule has 0 aromatic heterocycles. The molecule has 2 N–H and O–H groups in total. The minimum Gasteiger partial charge on any atom is -0.446 e. The molecule has 2 amide bonds. The lowest BCUT2D eigenvalue weighted by Gasteiger charge is -2.22. The van der Waals surface area contributed by atoms with Gasteiger partial charge in [-0.05, 0) is 49.4 Å². The lowest BCUT2D eigenvalue weighted by Crippen LogP contribution is -2.45. The van der Waals surface area contributed by atoms with Crippen LogP contribution in [0.5, 0.6) is 0 Å². The Kier molecular flexibility index (Phi) is 7.02. The number of hydroxylamine groups is 1. The highest BCUT2D eigenvalue weighted by Crippen LogP contribution is 2.44. The van der Waals surface area contributed by atoms with Gasteiger partial charge in [0.15, 0.2) is 0 Å². The summed E-state index contributed by atoms with van der Waals surface area (Å²) in [6, 6.07) is 15.0. The molecule has 8 nitrogen and oxygen atoms in total. The Morgan fingerprint density at radius 2 is 1.50 bits per heavy atom. The van der Waals surface area contributed by atoms with Crippen molar-refractivity contribution in [2.75, 3.05) is 6.61 Å². The molecule has 0 fully saturated rings. The summed E-state index contributed by atoms with van der Waals surface area (Å²) in [6.07, 6.45) is -1.39. The van der Waals surface area contributed by atoms with Crippen molar-refractivity contribution in [1.29, 1.82) is 0 Å². The Hall–Kier alpha value is -3.55. The third-order valence-electron chi connectivity index (χ3n) is 4.96.